The van der Waals surface area contributed by atoms with Crippen LogP contribution in [0.4, 0.5) is 5.13 Å². The number of nitrogen functional groups attached to an aromatic ring is 1. The number of aliphatic hydroxyl groups is 1. The fraction of sp³-hybridized carbons (Fsp3) is 0.375. The second kappa shape index (κ2) is 6.61. The molecular formula is C8H10N4O6S. The Morgan fingerprint density at radius 3 is 2.58 bits per heavy atom. The molecule has 1 heterocycles. The summed E-state index contributed by atoms with van der Waals surface area (Å²) >= 11 is 0.762. The van der Waals surface area contributed by atoms with Gasteiger partial charge >= 0.3 is 11.9 Å². The monoisotopic (exact) mass is 290 g/mol. The van der Waals surface area contributed by atoms with Crippen molar-refractivity contribution < 1.29 is 29.7 Å². The molecule has 1 unspecified atom stereocenters. The fourth-order valence-electron chi connectivity index (χ4n) is 0.962. The highest BCUT2D eigenvalue weighted by Crippen LogP contribution is 2.08. The molecule has 0 amide bonds. The number of aliphatic hydroxyl groups excluding tert-OH is 1. The first-order valence-corrected chi connectivity index (χ1v) is 5.63. The predicted octanol–water partition coefficient (Wildman–Crippen LogP) is -1.24. The predicted molar refractivity (Wildman–Crippen MR) is 62.7 cm³/mol. The minimum Gasteiger partial charge on any atom is -0.478 e. The second-order valence-electron chi connectivity index (χ2n) is 3.15. The highest BCUT2D eigenvalue weighted by Gasteiger charge is 2.23. The summed E-state index contributed by atoms with van der Waals surface area (Å²) in [6, 6.07) is 0. The maximum absolute atomic E-state index is 10.9. The number of hydrogen-bond donors (Lipinski definition) is 4. The number of anilines is 1. The number of aromatic nitrogens is 2. The minimum absolute atomic E-state index is 0.0362. The average molecular weight is 290 g/mol. The number of nitrogens with zero attached hydrogens (tertiary/aromatic N) is 3. The molecule has 0 aliphatic rings. The fourth-order valence-corrected chi connectivity index (χ4v) is 1.40. The van der Waals surface area contributed by atoms with Crippen LogP contribution < -0.4 is 5.73 Å². The van der Waals surface area contributed by atoms with Crippen LogP contribution in [-0.4, -0.2) is 55.0 Å². The Hall–Kier alpha value is -2.27. The summed E-state index contributed by atoms with van der Waals surface area (Å²) in [7, 11) is 0. The first-order valence-electron chi connectivity index (χ1n) is 4.86. The lowest BCUT2D eigenvalue weighted by Crippen LogP contribution is -2.25. The Balaban J connectivity index is 2.90. The van der Waals surface area contributed by atoms with E-state index in [1.165, 1.54) is 0 Å². The maximum atomic E-state index is 10.9. The quantitative estimate of drug-likeness (QED) is 0.354. The van der Waals surface area contributed by atoms with Crippen molar-refractivity contribution >= 4 is 34.3 Å². The number of carboxylic acids is 2. The van der Waals surface area contributed by atoms with Crippen LogP contribution >= 0.6 is 11.5 Å². The molecule has 0 fully saturated rings. The van der Waals surface area contributed by atoms with Gasteiger partial charge in [-0.25, -0.2) is 9.59 Å². The highest BCUT2D eigenvalue weighted by atomic mass is 32.1. The second-order valence-corrected chi connectivity index (χ2v) is 3.93. The number of nitrogens with two attached hydrogens (primary N) is 1. The molecule has 1 aromatic rings. The molecule has 0 radical (unpaired) electrons. The summed E-state index contributed by atoms with van der Waals surface area (Å²) in [5.74, 6) is -3.15. The molecular weight excluding hydrogens is 280 g/mol. The average Bonchev–Trinajstić information content (AvgIpc) is 2.74. The number of aliphatic carboxylic acids is 2. The van der Waals surface area contributed by atoms with Crippen LogP contribution in [0.25, 0.3) is 0 Å². The van der Waals surface area contributed by atoms with Crippen molar-refractivity contribution in [2.45, 2.75) is 12.5 Å². The molecule has 5 N–H and O–H groups in total. The SMILES string of the molecule is Nc1nc(/C(=N/OC(CCO)C(=O)O)C(=O)O)ns1. The summed E-state index contributed by atoms with van der Waals surface area (Å²) in [5, 5.41) is 29.5. The van der Waals surface area contributed by atoms with Crippen molar-refractivity contribution in [1.82, 2.24) is 9.36 Å². The molecule has 19 heavy (non-hydrogen) atoms. The van der Waals surface area contributed by atoms with Gasteiger partial charge in [0.1, 0.15) is 0 Å². The van der Waals surface area contributed by atoms with E-state index >= 15 is 0 Å². The maximum Gasteiger partial charge on any atom is 0.362 e. The van der Waals surface area contributed by atoms with E-state index in [2.05, 4.69) is 19.4 Å². The smallest absolute Gasteiger partial charge is 0.362 e. The van der Waals surface area contributed by atoms with E-state index in [0.29, 0.717) is 0 Å². The van der Waals surface area contributed by atoms with Gasteiger partial charge in [0.05, 0.1) is 0 Å². The van der Waals surface area contributed by atoms with Gasteiger partial charge in [0.2, 0.25) is 17.6 Å². The van der Waals surface area contributed by atoms with Gasteiger partial charge in [0.25, 0.3) is 0 Å². The van der Waals surface area contributed by atoms with Gasteiger partial charge in [-0.1, -0.05) is 5.16 Å². The van der Waals surface area contributed by atoms with E-state index in [4.69, 9.17) is 21.1 Å². The van der Waals surface area contributed by atoms with Gasteiger partial charge in [-0.3, -0.25) is 0 Å². The first-order chi connectivity index (χ1) is 8.95. The van der Waals surface area contributed by atoms with Gasteiger partial charge in [-0.15, -0.1) is 0 Å². The lowest BCUT2D eigenvalue weighted by molar-refractivity contribution is -0.151. The standard InChI is InChI=1S/C8H10N4O6S/c9-8-10-5(12-19-8)4(7(16)17)11-18-3(1-2-13)6(14)15/h3,13H,1-2H2,(H,14,15)(H,16,17)(H2,9,10,12)/b11-4-. The molecule has 0 aliphatic carbocycles. The normalized spacial score (nSPS) is 13.0. The molecule has 1 rings (SSSR count). The third-order valence-corrected chi connectivity index (χ3v) is 2.34. The summed E-state index contributed by atoms with van der Waals surface area (Å²) in [4.78, 5) is 29.8. The zero-order valence-electron chi connectivity index (χ0n) is 9.39. The summed E-state index contributed by atoms with van der Waals surface area (Å²) in [6.45, 7) is -0.448. The van der Waals surface area contributed by atoms with Crippen molar-refractivity contribution in [1.29, 1.82) is 0 Å². The van der Waals surface area contributed by atoms with E-state index in [0.717, 1.165) is 11.5 Å². The van der Waals surface area contributed by atoms with E-state index in [-0.39, 0.29) is 17.4 Å². The van der Waals surface area contributed by atoms with Gasteiger partial charge < -0.3 is 25.9 Å². The number of hydrogen-bond acceptors (Lipinski definition) is 9. The number of carbonyl (C=O) groups is 2. The summed E-state index contributed by atoms with van der Waals surface area (Å²) in [5.41, 5.74) is 4.63. The number of rotatable bonds is 7. The van der Waals surface area contributed by atoms with Gasteiger partial charge in [-0.2, -0.15) is 9.36 Å². The van der Waals surface area contributed by atoms with Crippen molar-refractivity contribution in [3.8, 4) is 0 Å². The Bertz CT molecular complexity index is 501. The topological polar surface area (TPSA) is 168 Å². The Kier molecular flexibility index (Phi) is 5.14. The van der Waals surface area contributed by atoms with Crippen LogP contribution in [0.3, 0.4) is 0 Å². The third kappa shape index (κ3) is 4.15. The molecule has 104 valence electrons. The Morgan fingerprint density at radius 1 is 1.47 bits per heavy atom. The van der Waals surface area contributed by atoms with Crippen molar-refractivity contribution in [3.05, 3.63) is 5.82 Å². The Labute approximate surface area is 110 Å². The van der Waals surface area contributed by atoms with Crippen molar-refractivity contribution in [3.63, 3.8) is 0 Å². The van der Waals surface area contributed by atoms with Gasteiger partial charge in [0.15, 0.2) is 5.13 Å². The molecule has 1 aromatic heterocycles. The molecule has 1 atom stereocenters. The third-order valence-electron chi connectivity index (χ3n) is 1.79. The van der Waals surface area contributed by atoms with E-state index in [9.17, 15) is 9.59 Å². The minimum atomic E-state index is -1.49. The van der Waals surface area contributed by atoms with Crippen LogP contribution in [0, 0.1) is 0 Å². The summed E-state index contributed by atoms with van der Waals surface area (Å²) in [6.07, 6.45) is -1.70. The van der Waals surface area contributed by atoms with E-state index in [1.807, 2.05) is 0 Å². The largest absolute Gasteiger partial charge is 0.478 e. The van der Waals surface area contributed by atoms with E-state index < -0.39 is 30.4 Å². The first kappa shape index (κ1) is 14.8. The van der Waals surface area contributed by atoms with E-state index in [1.54, 1.807) is 0 Å². The van der Waals surface area contributed by atoms with Gasteiger partial charge in [0, 0.05) is 24.6 Å². The highest BCUT2D eigenvalue weighted by molar-refractivity contribution is 7.09. The number of carboxylic acid groups (broad SMARTS) is 2. The van der Waals surface area contributed by atoms with Gasteiger partial charge in [-0.05, 0) is 0 Å². The molecule has 0 aliphatic heterocycles. The zero-order valence-corrected chi connectivity index (χ0v) is 10.2. The lowest BCUT2D eigenvalue weighted by Gasteiger charge is -2.08. The Morgan fingerprint density at radius 2 is 2.16 bits per heavy atom. The molecule has 0 saturated heterocycles. The van der Waals surface area contributed by atoms with Crippen LogP contribution in [0.5, 0.6) is 0 Å². The van der Waals surface area contributed by atoms with Crippen LogP contribution in [-0.2, 0) is 14.4 Å². The van der Waals surface area contributed by atoms with Crippen LogP contribution in [0.2, 0.25) is 0 Å². The lowest BCUT2D eigenvalue weighted by atomic mass is 10.3. The molecule has 0 aromatic carbocycles. The molecule has 0 saturated carbocycles. The molecule has 10 nitrogen and oxygen atoms in total. The van der Waals surface area contributed by atoms with Crippen LogP contribution in [0.1, 0.15) is 12.2 Å². The molecule has 11 heteroatoms. The molecule has 0 spiro atoms. The van der Waals surface area contributed by atoms with Crippen LogP contribution in [0.15, 0.2) is 5.16 Å². The zero-order chi connectivity index (χ0) is 14.4. The van der Waals surface area contributed by atoms with Crippen molar-refractivity contribution in [2.24, 2.45) is 5.16 Å². The summed E-state index contributed by atoms with van der Waals surface area (Å²) < 4.78 is 3.62. The van der Waals surface area contributed by atoms with Crippen molar-refractivity contribution in [2.75, 3.05) is 12.3 Å². The molecule has 0 bridgehead atoms. The number of oxime groups is 1.